The summed E-state index contributed by atoms with van der Waals surface area (Å²) in [6.45, 7) is 2.92. The minimum absolute atomic E-state index is 0.0529. The highest BCUT2D eigenvalue weighted by Crippen LogP contribution is 2.09. The van der Waals surface area contributed by atoms with E-state index in [1.165, 1.54) is 5.56 Å². The summed E-state index contributed by atoms with van der Waals surface area (Å²) in [5.41, 5.74) is 3.08. The molecule has 0 unspecified atom stereocenters. The van der Waals surface area contributed by atoms with E-state index in [0.717, 1.165) is 11.3 Å². The van der Waals surface area contributed by atoms with Crippen LogP contribution in [0.1, 0.15) is 11.1 Å². The third-order valence-electron chi connectivity index (χ3n) is 2.86. The number of hydrogen-bond donors (Lipinski definition) is 2. The normalized spacial score (nSPS) is 10.3. The molecular formula is C16H17ClN2O. The first-order valence-electron chi connectivity index (χ1n) is 6.45. The Balaban J connectivity index is 1.75. The molecular weight excluding hydrogens is 272 g/mol. The summed E-state index contributed by atoms with van der Waals surface area (Å²) in [6.07, 6.45) is 0. The second-order valence-electron chi connectivity index (χ2n) is 4.64. The quantitative estimate of drug-likeness (QED) is 0.885. The third-order valence-corrected chi connectivity index (χ3v) is 3.12. The molecule has 0 aliphatic heterocycles. The second kappa shape index (κ2) is 7.08. The summed E-state index contributed by atoms with van der Waals surface area (Å²) in [5.74, 6) is -0.0529. The summed E-state index contributed by atoms with van der Waals surface area (Å²) < 4.78 is 0. The van der Waals surface area contributed by atoms with Gasteiger partial charge in [0.05, 0.1) is 6.54 Å². The van der Waals surface area contributed by atoms with Crippen molar-refractivity contribution in [3.8, 4) is 0 Å². The van der Waals surface area contributed by atoms with Crippen molar-refractivity contribution in [3.05, 3.63) is 64.7 Å². The largest absolute Gasteiger partial charge is 0.325 e. The van der Waals surface area contributed by atoms with Crippen molar-refractivity contribution in [2.45, 2.75) is 13.5 Å². The van der Waals surface area contributed by atoms with E-state index < -0.39 is 0 Å². The minimum Gasteiger partial charge on any atom is -0.325 e. The Bertz CT molecular complexity index is 564. The molecule has 2 rings (SSSR count). The lowest BCUT2D eigenvalue weighted by molar-refractivity contribution is -0.115. The van der Waals surface area contributed by atoms with Gasteiger partial charge in [-0.3, -0.25) is 4.79 Å². The van der Waals surface area contributed by atoms with Gasteiger partial charge < -0.3 is 10.6 Å². The van der Waals surface area contributed by atoms with Crippen LogP contribution >= 0.6 is 11.6 Å². The highest BCUT2D eigenvalue weighted by molar-refractivity contribution is 6.30. The molecule has 0 saturated carbocycles. The van der Waals surface area contributed by atoms with Gasteiger partial charge in [0.25, 0.3) is 0 Å². The second-order valence-corrected chi connectivity index (χ2v) is 5.08. The molecule has 0 spiro atoms. The molecule has 4 heteroatoms. The number of benzene rings is 2. The van der Waals surface area contributed by atoms with Crippen molar-refractivity contribution in [3.63, 3.8) is 0 Å². The van der Waals surface area contributed by atoms with E-state index >= 15 is 0 Å². The highest BCUT2D eigenvalue weighted by atomic mass is 35.5. The van der Waals surface area contributed by atoms with E-state index in [2.05, 4.69) is 10.6 Å². The van der Waals surface area contributed by atoms with Gasteiger partial charge in [-0.15, -0.1) is 0 Å². The average molecular weight is 289 g/mol. The Morgan fingerprint density at radius 1 is 1.05 bits per heavy atom. The highest BCUT2D eigenvalue weighted by Gasteiger charge is 2.01. The summed E-state index contributed by atoms with van der Waals surface area (Å²) >= 11 is 5.81. The lowest BCUT2D eigenvalue weighted by atomic mass is 10.2. The van der Waals surface area contributed by atoms with Crippen molar-refractivity contribution in [2.24, 2.45) is 0 Å². The van der Waals surface area contributed by atoms with Gasteiger partial charge in [0.1, 0.15) is 0 Å². The summed E-state index contributed by atoms with van der Waals surface area (Å²) in [6, 6.07) is 15.3. The first-order chi connectivity index (χ1) is 9.63. The Labute approximate surface area is 124 Å². The fourth-order valence-corrected chi connectivity index (χ4v) is 1.89. The number of carbonyl (C=O) groups excluding carboxylic acids is 1. The summed E-state index contributed by atoms with van der Waals surface area (Å²) in [4.78, 5) is 11.7. The van der Waals surface area contributed by atoms with Crippen LogP contribution in [-0.2, 0) is 11.3 Å². The molecule has 0 aliphatic rings. The van der Waals surface area contributed by atoms with Crippen LogP contribution in [-0.4, -0.2) is 12.5 Å². The predicted molar refractivity (Wildman–Crippen MR) is 83.0 cm³/mol. The van der Waals surface area contributed by atoms with E-state index in [0.29, 0.717) is 11.6 Å². The molecule has 0 bridgehead atoms. The maximum absolute atomic E-state index is 11.7. The molecule has 3 nitrogen and oxygen atoms in total. The summed E-state index contributed by atoms with van der Waals surface area (Å²) in [5, 5.41) is 6.65. The number of hydrogen-bond acceptors (Lipinski definition) is 2. The standard InChI is InChI=1S/C16H17ClN2O/c1-12-2-8-15(9-3-12)19-16(20)11-18-10-13-4-6-14(17)7-5-13/h2-9,18H,10-11H2,1H3,(H,19,20). The molecule has 0 radical (unpaired) electrons. The van der Waals surface area contributed by atoms with Gasteiger partial charge in [-0.1, -0.05) is 41.4 Å². The topological polar surface area (TPSA) is 41.1 Å². The molecule has 0 aromatic heterocycles. The smallest absolute Gasteiger partial charge is 0.238 e. The first-order valence-corrected chi connectivity index (χ1v) is 6.83. The molecule has 2 N–H and O–H groups in total. The molecule has 0 aliphatic carbocycles. The Hall–Kier alpha value is -1.84. The molecule has 0 heterocycles. The van der Waals surface area contributed by atoms with Crippen LogP contribution in [0.3, 0.4) is 0 Å². The monoisotopic (exact) mass is 288 g/mol. The maximum Gasteiger partial charge on any atom is 0.238 e. The van der Waals surface area contributed by atoms with Gasteiger partial charge in [-0.05, 0) is 36.8 Å². The minimum atomic E-state index is -0.0529. The van der Waals surface area contributed by atoms with Gasteiger partial charge in [0.2, 0.25) is 5.91 Å². The number of rotatable bonds is 5. The molecule has 104 valence electrons. The Kier molecular flexibility index (Phi) is 5.16. The number of nitrogens with one attached hydrogen (secondary N) is 2. The number of anilines is 1. The van der Waals surface area contributed by atoms with Crippen molar-refractivity contribution in [1.82, 2.24) is 5.32 Å². The SMILES string of the molecule is Cc1ccc(NC(=O)CNCc2ccc(Cl)cc2)cc1. The Morgan fingerprint density at radius 2 is 1.70 bits per heavy atom. The third kappa shape index (κ3) is 4.68. The molecule has 2 aromatic carbocycles. The number of aryl methyl sites for hydroxylation is 1. The van der Waals surface area contributed by atoms with Crippen LogP contribution in [0.15, 0.2) is 48.5 Å². The molecule has 2 aromatic rings. The van der Waals surface area contributed by atoms with E-state index in [9.17, 15) is 4.79 Å². The lowest BCUT2D eigenvalue weighted by Gasteiger charge is -2.07. The summed E-state index contributed by atoms with van der Waals surface area (Å²) in [7, 11) is 0. The van der Waals surface area contributed by atoms with Crippen molar-refractivity contribution in [2.75, 3.05) is 11.9 Å². The van der Waals surface area contributed by atoms with E-state index in [-0.39, 0.29) is 12.5 Å². The lowest BCUT2D eigenvalue weighted by Crippen LogP contribution is -2.27. The van der Waals surface area contributed by atoms with Gasteiger partial charge in [0.15, 0.2) is 0 Å². The number of carbonyl (C=O) groups is 1. The number of halogens is 1. The predicted octanol–water partition coefficient (Wildman–Crippen LogP) is 3.38. The molecule has 0 saturated heterocycles. The molecule has 0 atom stereocenters. The fraction of sp³-hybridized carbons (Fsp3) is 0.188. The van der Waals surface area contributed by atoms with Crippen LogP contribution in [0, 0.1) is 6.92 Å². The van der Waals surface area contributed by atoms with E-state index in [4.69, 9.17) is 11.6 Å². The van der Waals surface area contributed by atoms with Gasteiger partial charge in [-0.25, -0.2) is 0 Å². The van der Waals surface area contributed by atoms with Crippen LogP contribution < -0.4 is 10.6 Å². The van der Waals surface area contributed by atoms with Crippen molar-refractivity contribution in [1.29, 1.82) is 0 Å². The van der Waals surface area contributed by atoms with Gasteiger partial charge >= 0.3 is 0 Å². The zero-order valence-corrected chi connectivity index (χ0v) is 12.1. The van der Waals surface area contributed by atoms with Crippen molar-refractivity contribution < 1.29 is 4.79 Å². The molecule has 1 amide bonds. The zero-order chi connectivity index (χ0) is 14.4. The molecule has 0 fully saturated rings. The van der Waals surface area contributed by atoms with E-state index in [1.54, 1.807) is 0 Å². The van der Waals surface area contributed by atoms with E-state index in [1.807, 2.05) is 55.5 Å². The van der Waals surface area contributed by atoms with Crippen LogP contribution in [0.25, 0.3) is 0 Å². The first kappa shape index (κ1) is 14.6. The number of amides is 1. The van der Waals surface area contributed by atoms with Gasteiger partial charge in [0, 0.05) is 17.3 Å². The van der Waals surface area contributed by atoms with Gasteiger partial charge in [-0.2, -0.15) is 0 Å². The maximum atomic E-state index is 11.7. The molecule has 20 heavy (non-hydrogen) atoms. The van der Waals surface area contributed by atoms with Crippen LogP contribution in [0.2, 0.25) is 5.02 Å². The zero-order valence-electron chi connectivity index (χ0n) is 11.3. The van der Waals surface area contributed by atoms with Crippen molar-refractivity contribution >= 4 is 23.2 Å². The Morgan fingerprint density at radius 3 is 2.35 bits per heavy atom. The van der Waals surface area contributed by atoms with Crippen LogP contribution in [0.4, 0.5) is 5.69 Å². The van der Waals surface area contributed by atoms with Crippen LogP contribution in [0.5, 0.6) is 0 Å². The average Bonchev–Trinajstić information content (AvgIpc) is 2.44. The fourth-order valence-electron chi connectivity index (χ4n) is 1.76.